The van der Waals surface area contributed by atoms with Gasteiger partial charge in [-0.15, -0.1) is 0 Å². The van der Waals surface area contributed by atoms with Gasteiger partial charge in [0.2, 0.25) is 0 Å². The van der Waals surface area contributed by atoms with Crippen molar-refractivity contribution in [1.29, 1.82) is 0 Å². The van der Waals surface area contributed by atoms with Crippen LogP contribution in [0.2, 0.25) is 0 Å². The fourth-order valence-electron chi connectivity index (χ4n) is 4.22. The van der Waals surface area contributed by atoms with Gasteiger partial charge in [-0.3, -0.25) is 4.79 Å². The molecule has 2 unspecified atom stereocenters. The third-order valence-electron chi connectivity index (χ3n) is 5.70. The number of benzene rings is 1. The molecule has 1 aromatic heterocycles. The summed E-state index contributed by atoms with van der Waals surface area (Å²) < 4.78 is 16.9. The first-order valence-electron chi connectivity index (χ1n) is 9.47. The number of pyridine rings is 1. The minimum Gasteiger partial charge on any atom is -0.497 e. The summed E-state index contributed by atoms with van der Waals surface area (Å²) in [6, 6.07) is 5.68. The summed E-state index contributed by atoms with van der Waals surface area (Å²) in [6.07, 6.45) is 2.36. The summed E-state index contributed by atoms with van der Waals surface area (Å²) >= 11 is 0. The number of aryl methyl sites for hydroxylation is 1. The molecule has 6 heteroatoms. The molecular formula is C21H26N2O4. The summed E-state index contributed by atoms with van der Waals surface area (Å²) in [5.74, 6) is 1.71. The number of aromatic nitrogens is 1. The molecule has 2 aliphatic heterocycles. The maximum atomic E-state index is 11.9. The normalized spacial score (nSPS) is 24.1. The van der Waals surface area contributed by atoms with E-state index in [1.54, 1.807) is 7.11 Å². The molecule has 0 saturated carbocycles. The van der Waals surface area contributed by atoms with E-state index in [0.717, 1.165) is 40.9 Å². The summed E-state index contributed by atoms with van der Waals surface area (Å²) in [6.45, 7) is 4.90. The number of nitrogens with one attached hydrogen (secondary N) is 1. The molecule has 6 nitrogen and oxygen atoms in total. The molecule has 2 aromatic rings. The second kappa shape index (κ2) is 6.68. The second-order valence-corrected chi connectivity index (χ2v) is 7.79. The maximum Gasteiger partial charge on any atom is 0.323 e. The highest BCUT2D eigenvalue weighted by molar-refractivity contribution is 5.86. The number of carbonyl (C=O) groups is 1. The van der Waals surface area contributed by atoms with Gasteiger partial charge in [0.25, 0.3) is 0 Å². The van der Waals surface area contributed by atoms with Gasteiger partial charge in [0, 0.05) is 23.9 Å². The summed E-state index contributed by atoms with van der Waals surface area (Å²) in [5.41, 5.74) is 2.75. The van der Waals surface area contributed by atoms with Crippen LogP contribution in [0.15, 0.2) is 18.2 Å². The van der Waals surface area contributed by atoms with Crippen molar-refractivity contribution in [2.45, 2.75) is 50.7 Å². The number of hydrogen-bond acceptors (Lipinski definition) is 6. The van der Waals surface area contributed by atoms with E-state index >= 15 is 0 Å². The molecule has 1 aromatic carbocycles. The molecule has 0 amide bonds. The van der Waals surface area contributed by atoms with Gasteiger partial charge in [0.05, 0.1) is 25.4 Å². The number of fused-ring (bicyclic) bond motifs is 3. The zero-order valence-electron chi connectivity index (χ0n) is 16.3. The summed E-state index contributed by atoms with van der Waals surface area (Å²) in [5, 5.41) is 4.35. The van der Waals surface area contributed by atoms with E-state index in [1.807, 2.05) is 18.2 Å². The fraction of sp³-hybridized carbons (Fsp3) is 0.524. The van der Waals surface area contributed by atoms with Crippen molar-refractivity contribution < 1.29 is 19.0 Å². The van der Waals surface area contributed by atoms with Crippen molar-refractivity contribution in [3.05, 3.63) is 29.5 Å². The molecule has 2 atom stereocenters. The van der Waals surface area contributed by atoms with Gasteiger partial charge in [-0.05, 0) is 37.0 Å². The minimum absolute atomic E-state index is 0.230. The van der Waals surface area contributed by atoms with E-state index < -0.39 is 0 Å². The Morgan fingerprint density at radius 3 is 2.89 bits per heavy atom. The van der Waals surface area contributed by atoms with E-state index in [4.69, 9.17) is 19.2 Å². The Kier molecular flexibility index (Phi) is 4.46. The first-order valence-corrected chi connectivity index (χ1v) is 9.47. The topological polar surface area (TPSA) is 69.7 Å². The van der Waals surface area contributed by atoms with Gasteiger partial charge >= 0.3 is 5.97 Å². The maximum absolute atomic E-state index is 11.9. The Balaban J connectivity index is 1.78. The lowest BCUT2D eigenvalue weighted by atomic mass is 9.86. The van der Waals surface area contributed by atoms with Crippen LogP contribution in [0, 0.1) is 0 Å². The van der Waals surface area contributed by atoms with Gasteiger partial charge in [-0.25, -0.2) is 4.98 Å². The van der Waals surface area contributed by atoms with Crippen LogP contribution in [0.3, 0.4) is 0 Å². The number of esters is 1. The molecule has 1 N–H and O–H groups in total. The van der Waals surface area contributed by atoms with Gasteiger partial charge in [0.15, 0.2) is 0 Å². The summed E-state index contributed by atoms with van der Waals surface area (Å²) in [7, 11) is 3.10. The minimum atomic E-state index is -0.385. The van der Waals surface area contributed by atoms with E-state index in [-0.39, 0.29) is 23.5 Å². The van der Waals surface area contributed by atoms with Gasteiger partial charge in [-0.1, -0.05) is 13.8 Å². The lowest BCUT2D eigenvalue weighted by molar-refractivity contribution is -0.143. The van der Waals surface area contributed by atoms with Crippen LogP contribution >= 0.6 is 0 Å². The molecule has 3 heterocycles. The third kappa shape index (κ3) is 3.02. The van der Waals surface area contributed by atoms with E-state index in [9.17, 15) is 4.79 Å². The quantitative estimate of drug-likeness (QED) is 0.838. The molecule has 27 heavy (non-hydrogen) atoms. The number of carbonyl (C=O) groups excluding carboxylic acids is 1. The van der Waals surface area contributed by atoms with E-state index in [2.05, 4.69) is 19.2 Å². The van der Waals surface area contributed by atoms with Crippen LogP contribution in [0.4, 0.5) is 0 Å². The largest absolute Gasteiger partial charge is 0.497 e. The number of rotatable bonds is 3. The smallest absolute Gasteiger partial charge is 0.323 e. The number of nitrogens with zero attached hydrogens (tertiary/aromatic N) is 1. The molecule has 1 saturated heterocycles. The van der Waals surface area contributed by atoms with Gasteiger partial charge in [0.1, 0.15) is 23.1 Å². The standard InChI is InChI=1S/C21H26N2O4/c1-12(2)18-19-14(15-9-13(25-3)5-6-16(15)23-18)7-8-21(27-19)10-17(22-11-21)20(24)26-4/h5-6,9,12,17,22H,7-8,10-11H2,1-4H3. The highest BCUT2D eigenvalue weighted by Gasteiger charge is 2.47. The zero-order valence-corrected chi connectivity index (χ0v) is 16.3. The molecular weight excluding hydrogens is 344 g/mol. The zero-order chi connectivity index (χ0) is 19.2. The number of hydrogen-bond donors (Lipinski definition) is 1. The van der Waals surface area contributed by atoms with Crippen molar-refractivity contribution in [3.63, 3.8) is 0 Å². The van der Waals surface area contributed by atoms with Crippen LogP contribution < -0.4 is 14.8 Å². The lowest BCUT2D eigenvalue weighted by Gasteiger charge is -2.37. The molecule has 0 bridgehead atoms. The Bertz CT molecular complexity index is 895. The molecule has 1 fully saturated rings. The molecule has 2 aliphatic rings. The first-order chi connectivity index (χ1) is 13.0. The number of methoxy groups -OCH3 is 2. The van der Waals surface area contributed by atoms with Crippen molar-refractivity contribution in [1.82, 2.24) is 10.3 Å². The molecule has 0 radical (unpaired) electrons. The van der Waals surface area contributed by atoms with E-state index in [0.29, 0.717) is 13.0 Å². The highest BCUT2D eigenvalue weighted by atomic mass is 16.5. The molecule has 0 aliphatic carbocycles. The van der Waals surface area contributed by atoms with Crippen LogP contribution in [-0.4, -0.2) is 43.4 Å². The molecule has 4 rings (SSSR count). The Morgan fingerprint density at radius 1 is 1.37 bits per heavy atom. The summed E-state index contributed by atoms with van der Waals surface area (Å²) in [4.78, 5) is 16.8. The first kappa shape index (κ1) is 18.0. The van der Waals surface area contributed by atoms with Crippen molar-refractivity contribution >= 4 is 16.9 Å². The molecule has 1 spiro atoms. The van der Waals surface area contributed by atoms with Crippen LogP contribution in [-0.2, 0) is 16.0 Å². The van der Waals surface area contributed by atoms with Gasteiger partial charge < -0.3 is 19.5 Å². The average Bonchev–Trinajstić information content (AvgIpc) is 3.09. The van der Waals surface area contributed by atoms with Gasteiger partial charge in [-0.2, -0.15) is 0 Å². The van der Waals surface area contributed by atoms with Crippen molar-refractivity contribution in [2.24, 2.45) is 0 Å². The second-order valence-electron chi connectivity index (χ2n) is 7.79. The monoisotopic (exact) mass is 370 g/mol. The Hall–Kier alpha value is -2.34. The predicted molar refractivity (Wildman–Crippen MR) is 102 cm³/mol. The van der Waals surface area contributed by atoms with Crippen LogP contribution in [0.25, 0.3) is 10.9 Å². The average molecular weight is 370 g/mol. The lowest BCUT2D eigenvalue weighted by Crippen LogP contribution is -2.42. The molecule has 144 valence electrons. The Morgan fingerprint density at radius 2 is 2.19 bits per heavy atom. The third-order valence-corrected chi connectivity index (χ3v) is 5.70. The van der Waals surface area contributed by atoms with Crippen LogP contribution in [0.1, 0.15) is 43.9 Å². The van der Waals surface area contributed by atoms with Crippen molar-refractivity contribution in [3.8, 4) is 11.5 Å². The fourth-order valence-corrected chi connectivity index (χ4v) is 4.22. The Labute approximate surface area is 159 Å². The van der Waals surface area contributed by atoms with Crippen molar-refractivity contribution in [2.75, 3.05) is 20.8 Å². The number of ether oxygens (including phenoxy) is 3. The predicted octanol–water partition coefficient (Wildman–Crippen LogP) is 2.97. The highest BCUT2D eigenvalue weighted by Crippen LogP contribution is 2.44. The SMILES string of the molecule is COC(=O)C1CC2(CCc3c(c(C(C)C)nc4ccc(OC)cc34)O2)CN1. The van der Waals surface area contributed by atoms with E-state index in [1.165, 1.54) is 12.7 Å². The van der Waals surface area contributed by atoms with Crippen LogP contribution in [0.5, 0.6) is 11.5 Å².